The second-order valence-corrected chi connectivity index (χ2v) is 6.27. The number of benzene rings is 1. The van der Waals surface area contributed by atoms with Crippen LogP contribution in [0.2, 0.25) is 0 Å². The summed E-state index contributed by atoms with van der Waals surface area (Å²) in [6, 6.07) is 5.01. The molecule has 1 aliphatic rings. The summed E-state index contributed by atoms with van der Waals surface area (Å²) in [7, 11) is -3.36. The lowest BCUT2D eigenvalue weighted by Gasteiger charge is -2.12. The fourth-order valence-corrected chi connectivity index (χ4v) is 2.26. The van der Waals surface area contributed by atoms with Crippen molar-refractivity contribution in [1.82, 2.24) is 5.06 Å². The van der Waals surface area contributed by atoms with Gasteiger partial charge in [0.15, 0.2) is 9.84 Å². The van der Waals surface area contributed by atoms with Crippen LogP contribution in [0, 0.1) is 0 Å². The maximum atomic E-state index is 11.7. The van der Waals surface area contributed by atoms with E-state index in [9.17, 15) is 22.8 Å². The number of nitrogens with zero attached hydrogens (tertiary/aromatic N) is 1. The Bertz CT molecular complexity index is 660. The molecule has 1 saturated heterocycles. The van der Waals surface area contributed by atoms with Gasteiger partial charge in [0.2, 0.25) is 0 Å². The summed E-state index contributed by atoms with van der Waals surface area (Å²) in [5.74, 6) is -2.04. The predicted octanol–water partition coefficient (Wildman–Crippen LogP) is 0.311. The van der Waals surface area contributed by atoms with Gasteiger partial charge in [0.25, 0.3) is 11.8 Å². The zero-order chi connectivity index (χ0) is 14.9. The maximum Gasteiger partial charge on any atom is 0.363 e. The fourth-order valence-electron chi connectivity index (χ4n) is 1.63. The molecule has 0 atom stereocenters. The van der Waals surface area contributed by atoms with Gasteiger partial charge in [-0.05, 0) is 24.3 Å². The molecule has 8 heteroatoms. The third-order valence-corrected chi connectivity index (χ3v) is 3.83. The quantitative estimate of drug-likeness (QED) is 0.745. The Kier molecular flexibility index (Phi) is 3.58. The first-order valence-corrected chi connectivity index (χ1v) is 7.56. The van der Waals surface area contributed by atoms with Gasteiger partial charge in [-0.25, -0.2) is 13.2 Å². The Hall–Kier alpha value is -2.22. The van der Waals surface area contributed by atoms with E-state index >= 15 is 0 Å². The molecule has 1 fully saturated rings. The molecular weight excluding hydrogens is 286 g/mol. The van der Waals surface area contributed by atoms with Crippen LogP contribution in [0.4, 0.5) is 0 Å². The van der Waals surface area contributed by atoms with Crippen molar-refractivity contribution in [2.75, 3.05) is 6.26 Å². The van der Waals surface area contributed by atoms with E-state index in [1.165, 1.54) is 24.3 Å². The van der Waals surface area contributed by atoms with Gasteiger partial charge < -0.3 is 4.84 Å². The number of hydroxylamine groups is 2. The molecular formula is C12H11NO6S. The zero-order valence-electron chi connectivity index (χ0n) is 10.5. The van der Waals surface area contributed by atoms with Gasteiger partial charge in [0, 0.05) is 19.1 Å². The Balaban J connectivity index is 2.14. The molecule has 0 bridgehead atoms. The maximum absolute atomic E-state index is 11.7. The highest BCUT2D eigenvalue weighted by molar-refractivity contribution is 7.90. The Morgan fingerprint density at radius 2 is 1.60 bits per heavy atom. The molecule has 0 aromatic heterocycles. The molecule has 0 unspecified atom stereocenters. The van der Waals surface area contributed by atoms with Crippen molar-refractivity contribution in [3.63, 3.8) is 0 Å². The van der Waals surface area contributed by atoms with Crippen molar-refractivity contribution in [2.45, 2.75) is 17.7 Å². The van der Waals surface area contributed by atoms with Crippen LogP contribution in [0.15, 0.2) is 29.2 Å². The number of carbonyl (C=O) groups is 3. The van der Waals surface area contributed by atoms with Crippen LogP contribution in [-0.4, -0.2) is 37.5 Å². The van der Waals surface area contributed by atoms with Crippen molar-refractivity contribution in [1.29, 1.82) is 0 Å². The molecule has 2 rings (SSSR count). The first-order valence-electron chi connectivity index (χ1n) is 5.67. The number of amides is 2. The van der Waals surface area contributed by atoms with Gasteiger partial charge in [-0.2, -0.15) is 0 Å². The van der Waals surface area contributed by atoms with E-state index in [1.807, 2.05) is 0 Å². The van der Waals surface area contributed by atoms with Crippen molar-refractivity contribution in [2.24, 2.45) is 0 Å². The molecule has 7 nitrogen and oxygen atoms in total. The van der Waals surface area contributed by atoms with E-state index in [-0.39, 0.29) is 23.3 Å². The van der Waals surface area contributed by atoms with Crippen LogP contribution < -0.4 is 0 Å². The number of rotatable bonds is 3. The summed E-state index contributed by atoms with van der Waals surface area (Å²) in [4.78, 5) is 39.1. The van der Waals surface area contributed by atoms with Gasteiger partial charge in [-0.15, -0.1) is 5.06 Å². The number of hydrogen-bond donors (Lipinski definition) is 0. The van der Waals surface area contributed by atoms with Gasteiger partial charge in [0.1, 0.15) is 0 Å². The molecule has 0 radical (unpaired) electrons. The topological polar surface area (TPSA) is 97.8 Å². The third kappa shape index (κ3) is 2.85. The van der Waals surface area contributed by atoms with E-state index in [4.69, 9.17) is 4.84 Å². The first-order chi connectivity index (χ1) is 9.29. The molecule has 1 aliphatic heterocycles. The fraction of sp³-hybridized carbons (Fsp3) is 0.250. The minimum Gasteiger partial charge on any atom is -0.325 e. The van der Waals surface area contributed by atoms with Gasteiger partial charge in [0.05, 0.1) is 10.5 Å². The third-order valence-electron chi connectivity index (χ3n) is 2.70. The number of imide groups is 1. The minimum atomic E-state index is -3.36. The van der Waals surface area contributed by atoms with Crippen molar-refractivity contribution in [3.8, 4) is 0 Å². The highest BCUT2D eigenvalue weighted by atomic mass is 32.2. The Labute approximate surface area is 115 Å². The molecule has 1 aromatic carbocycles. The van der Waals surface area contributed by atoms with E-state index < -0.39 is 27.6 Å². The monoisotopic (exact) mass is 297 g/mol. The van der Waals surface area contributed by atoms with Crippen molar-refractivity contribution in [3.05, 3.63) is 29.8 Å². The normalized spacial score (nSPS) is 15.6. The lowest BCUT2D eigenvalue weighted by molar-refractivity contribution is -0.172. The largest absolute Gasteiger partial charge is 0.363 e. The molecule has 1 aromatic rings. The van der Waals surface area contributed by atoms with E-state index in [0.29, 0.717) is 5.06 Å². The second kappa shape index (κ2) is 5.04. The molecule has 1 heterocycles. The average Bonchev–Trinajstić information content (AvgIpc) is 2.69. The van der Waals surface area contributed by atoms with Crippen LogP contribution in [0.1, 0.15) is 23.2 Å². The number of hydrogen-bond acceptors (Lipinski definition) is 6. The molecule has 2 amide bonds. The Morgan fingerprint density at radius 3 is 2.05 bits per heavy atom. The summed E-state index contributed by atoms with van der Waals surface area (Å²) in [5, 5.41) is 0.437. The first kappa shape index (κ1) is 14.2. The SMILES string of the molecule is CS(=O)(=O)c1ccc(C(=O)ON2C(=O)CCC2=O)cc1. The smallest absolute Gasteiger partial charge is 0.325 e. The van der Waals surface area contributed by atoms with Crippen LogP contribution in [0.5, 0.6) is 0 Å². The average molecular weight is 297 g/mol. The van der Waals surface area contributed by atoms with E-state index in [2.05, 4.69) is 0 Å². The Morgan fingerprint density at radius 1 is 1.10 bits per heavy atom. The predicted molar refractivity (Wildman–Crippen MR) is 66.1 cm³/mol. The van der Waals surface area contributed by atoms with Crippen LogP contribution >= 0.6 is 0 Å². The molecule has 0 spiro atoms. The summed E-state index contributed by atoms with van der Waals surface area (Å²) in [5.41, 5.74) is 0.0462. The van der Waals surface area contributed by atoms with E-state index in [1.54, 1.807) is 0 Å². The van der Waals surface area contributed by atoms with Crippen molar-refractivity contribution >= 4 is 27.6 Å². The highest BCUT2D eigenvalue weighted by Gasteiger charge is 2.33. The molecule has 106 valence electrons. The summed E-state index contributed by atoms with van der Waals surface area (Å²) in [6.07, 6.45) is 1.07. The molecule has 0 saturated carbocycles. The van der Waals surface area contributed by atoms with Gasteiger partial charge in [-0.1, -0.05) is 0 Å². The molecule has 20 heavy (non-hydrogen) atoms. The number of carbonyl (C=O) groups excluding carboxylic acids is 3. The van der Waals surface area contributed by atoms with Gasteiger partial charge in [-0.3, -0.25) is 9.59 Å². The highest BCUT2D eigenvalue weighted by Crippen LogP contribution is 2.15. The molecule has 0 N–H and O–H groups in total. The van der Waals surface area contributed by atoms with Crippen LogP contribution in [0.25, 0.3) is 0 Å². The number of sulfone groups is 1. The lowest BCUT2D eigenvalue weighted by Crippen LogP contribution is -2.32. The molecule has 0 aliphatic carbocycles. The zero-order valence-corrected chi connectivity index (χ0v) is 11.3. The standard InChI is InChI=1S/C12H11NO6S/c1-20(17,18)9-4-2-8(3-5-9)12(16)19-13-10(14)6-7-11(13)15/h2-5H,6-7H2,1H3. The van der Waals surface area contributed by atoms with Crippen molar-refractivity contribution < 1.29 is 27.6 Å². The minimum absolute atomic E-state index is 0.0130. The van der Waals surface area contributed by atoms with E-state index in [0.717, 1.165) is 6.26 Å². The van der Waals surface area contributed by atoms with Crippen LogP contribution in [-0.2, 0) is 24.3 Å². The van der Waals surface area contributed by atoms with Gasteiger partial charge >= 0.3 is 5.97 Å². The summed E-state index contributed by atoms with van der Waals surface area (Å²) < 4.78 is 22.5. The van der Waals surface area contributed by atoms with Crippen LogP contribution in [0.3, 0.4) is 0 Å². The lowest BCUT2D eigenvalue weighted by atomic mass is 10.2. The summed E-state index contributed by atoms with van der Waals surface area (Å²) in [6.45, 7) is 0. The summed E-state index contributed by atoms with van der Waals surface area (Å²) >= 11 is 0. The second-order valence-electron chi connectivity index (χ2n) is 4.26.